The third-order valence-corrected chi connectivity index (χ3v) is 7.99. The number of sulfonamides is 1. The third-order valence-electron chi connectivity index (χ3n) is 5.62. The van der Waals surface area contributed by atoms with Gasteiger partial charge in [-0.25, -0.2) is 35.9 Å². The van der Waals surface area contributed by atoms with Crippen LogP contribution >= 0.6 is 0 Å². The van der Waals surface area contributed by atoms with Crippen LogP contribution in [0, 0.1) is 5.82 Å². The van der Waals surface area contributed by atoms with Crippen LogP contribution in [0.3, 0.4) is 0 Å². The molecule has 0 aliphatic carbocycles. The number of aliphatic imine (C=N–C) groups is 1. The van der Waals surface area contributed by atoms with E-state index in [-0.39, 0.29) is 29.5 Å². The van der Waals surface area contributed by atoms with Crippen LogP contribution in [-0.2, 0) is 20.3 Å². The first-order valence-electron chi connectivity index (χ1n) is 9.63. The number of anilines is 1. The Hall–Kier alpha value is -3.26. The topological polar surface area (TPSA) is 140 Å². The molecular formula is C19H19F3N6O4S. The SMILES string of the molecule is C[C@@H]1OC[C@]2(c3cc(NC(=O)c4cnc(C(F)F)cn4)ccc3F)N=C(N)N(C)S(=O)(=O)[C@H]12. The number of nitrogens with zero attached hydrogens (tertiary/aromatic N) is 4. The molecule has 0 unspecified atom stereocenters. The van der Waals surface area contributed by atoms with E-state index in [4.69, 9.17) is 10.5 Å². The van der Waals surface area contributed by atoms with Crippen LogP contribution in [0.1, 0.15) is 35.1 Å². The standard InChI is InChI=1S/C19H19F3N6O4S/c1-9-15-19(8-32-9,27-18(23)28(2)33(15,30)31)11-5-10(3-4-12(11)20)26-17(29)14-7-24-13(6-25-14)16(21)22/h3-7,9,15-16H,8H2,1-2H3,(H2,23,27)(H,26,29)/t9-,15+,19+/m0/s1. The van der Waals surface area contributed by atoms with Gasteiger partial charge in [0, 0.05) is 18.3 Å². The van der Waals surface area contributed by atoms with Crippen molar-refractivity contribution in [1.29, 1.82) is 0 Å². The molecule has 2 aliphatic heterocycles. The van der Waals surface area contributed by atoms with E-state index in [9.17, 15) is 26.4 Å². The average Bonchev–Trinajstić information content (AvgIpc) is 3.11. The number of benzene rings is 1. The number of nitrogens with one attached hydrogen (secondary N) is 1. The molecule has 2 aliphatic rings. The minimum absolute atomic E-state index is 0.0916. The predicted molar refractivity (Wildman–Crippen MR) is 111 cm³/mol. The second kappa shape index (κ2) is 7.95. The molecule has 3 heterocycles. The maximum Gasteiger partial charge on any atom is 0.281 e. The van der Waals surface area contributed by atoms with E-state index in [1.165, 1.54) is 19.2 Å². The quantitative estimate of drug-likeness (QED) is 0.668. The fraction of sp³-hybridized carbons (Fsp3) is 0.368. The van der Waals surface area contributed by atoms with Gasteiger partial charge in [-0.15, -0.1) is 0 Å². The van der Waals surface area contributed by atoms with Gasteiger partial charge in [-0.2, -0.15) is 0 Å². The number of fused-ring (bicyclic) bond motifs is 1. The summed E-state index contributed by atoms with van der Waals surface area (Å²) in [4.78, 5) is 23.9. The second-order valence-electron chi connectivity index (χ2n) is 7.62. The van der Waals surface area contributed by atoms with Gasteiger partial charge in [0.1, 0.15) is 28.0 Å². The summed E-state index contributed by atoms with van der Waals surface area (Å²) in [6.45, 7) is 1.29. The number of ether oxygens (including phenoxy) is 1. The number of amides is 1. The second-order valence-corrected chi connectivity index (χ2v) is 9.70. The Morgan fingerprint density at radius 3 is 2.70 bits per heavy atom. The number of carbonyl (C=O) groups excluding carboxylic acids is 1. The van der Waals surface area contributed by atoms with Crippen molar-refractivity contribution in [3.8, 4) is 0 Å². The van der Waals surface area contributed by atoms with Gasteiger partial charge in [0.2, 0.25) is 16.0 Å². The Labute approximate surface area is 186 Å². The summed E-state index contributed by atoms with van der Waals surface area (Å²) in [7, 11) is -2.79. The number of hydrogen-bond acceptors (Lipinski definition) is 8. The Bertz CT molecular complexity index is 1240. The molecule has 4 rings (SSSR count). The van der Waals surface area contributed by atoms with E-state index in [0.717, 1.165) is 22.8 Å². The van der Waals surface area contributed by atoms with E-state index < -0.39 is 50.8 Å². The summed E-state index contributed by atoms with van der Waals surface area (Å²) in [6, 6.07) is 3.53. The Morgan fingerprint density at radius 1 is 1.33 bits per heavy atom. The lowest BCUT2D eigenvalue weighted by Crippen LogP contribution is -2.58. The zero-order valence-electron chi connectivity index (χ0n) is 17.4. The molecule has 0 bridgehead atoms. The van der Waals surface area contributed by atoms with Crippen molar-refractivity contribution >= 4 is 27.6 Å². The van der Waals surface area contributed by atoms with Crippen molar-refractivity contribution in [2.75, 3.05) is 19.0 Å². The van der Waals surface area contributed by atoms with Crippen molar-refractivity contribution in [1.82, 2.24) is 14.3 Å². The Balaban J connectivity index is 1.72. The smallest absolute Gasteiger partial charge is 0.281 e. The number of rotatable bonds is 4. The molecule has 10 nitrogen and oxygen atoms in total. The molecular weight excluding hydrogens is 465 g/mol. The first-order chi connectivity index (χ1) is 15.5. The normalized spacial score (nSPS) is 26.1. The minimum atomic E-state index is -4.03. The molecule has 1 aromatic heterocycles. The molecule has 0 radical (unpaired) electrons. The molecule has 3 atom stereocenters. The zero-order valence-corrected chi connectivity index (χ0v) is 18.2. The summed E-state index contributed by atoms with van der Waals surface area (Å²) in [5.41, 5.74) is 3.29. The maximum atomic E-state index is 15.0. The number of aromatic nitrogens is 2. The summed E-state index contributed by atoms with van der Waals surface area (Å²) >= 11 is 0. The van der Waals surface area contributed by atoms with Crippen LogP contribution in [-0.4, -0.2) is 59.6 Å². The molecule has 33 heavy (non-hydrogen) atoms. The molecule has 1 aromatic carbocycles. The molecule has 0 spiro atoms. The van der Waals surface area contributed by atoms with Gasteiger partial charge < -0.3 is 15.8 Å². The third kappa shape index (κ3) is 3.68. The van der Waals surface area contributed by atoms with Crippen LogP contribution in [0.5, 0.6) is 0 Å². The van der Waals surface area contributed by atoms with Gasteiger partial charge in [-0.05, 0) is 25.1 Å². The van der Waals surface area contributed by atoms with E-state index in [1.54, 1.807) is 6.92 Å². The lowest BCUT2D eigenvalue weighted by Gasteiger charge is -2.39. The first kappa shape index (κ1) is 22.9. The van der Waals surface area contributed by atoms with Crippen molar-refractivity contribution in [3.05, 3.63) is 53.4 Å². The number of hydrogen-bond donors (Lipinski definition) is 2. The summed E-state index contributed by atoms with van der Waals surface area (Å²) in [5, 5.41) is 1.21. The van der Waals surface area contributed by atoms with Gasteiger partial charge in [0.25, 0.3) is 12.3 Å². The number of alkyl halides is 2. The number of carbonyl (C=O) groups is 1. The fourth-order valence-electron chi connectivity index (χ4n) is 3.97. The van der Waals surface area contributed by atoms with Crippen molar-refractivity contribution in [2.24, 2.45) is 10.7 Å². The summed E-state index contributed by atoms with van der Waals surface area (Å²) in [6.07, 6.45) is -1.99. The molecule has 0 saturated carbocycles. The van der Waals surface area contributed by atoms with E-state index in [0.29, 0.717) is 0 Å². The highest BCUT2D eigenvalue weighted by molar-refractivity contribution is 7.90. The lowest BCUT2D eigenvalue weighted by molar-refractivity contribution is 0.102. The van der Waals surface area contributed by atoms with Crippen LogP contribution in [0.25, 0.3) is 0 Å². The van der Waals surface area contributed by atoms with E-state index in [2.05, 4.69) is 20.3 Å². The predicted octanol–water partition coefficient (Wildman–Crippen LogP) is 1.38. The van der Waals surface area contributed by atoms with Crippen LogP contribution in [0.4, 0.5) is 18.9 Å². The highest BCUT2D eigenvalue weighted by Crippen LogP contribution is 2.46. The first-order valence-corrected chi connectivity index (χ1v) is 11.1. The van der Waals surface area contributed by atoms with Gasteiger partial charge in [-0.1, -0.05) is 0 Å². The fourth-order valence-corrected chi connectivity index (χ4v) is 5.91. The van der Waals surface area contributed by atoms with Gasteiger partial charge in [0.05, 0.1) is 25.1 Å². The Morgan fingerprint density at radius 2 is 2.06 bits per heavy atom. The molecule has 2 aromatic rings. The van der Waals surface area contributed by atoms with Crippen LogP contribution in [0.2, 0.25) is 0 Å². The molecule has 14 heteroatoms. The van der Waals surface area contributed by atoms with E-state index >= 15 is 0 Å². The summed E-state index contributed by atoms with van der Waals surface area (Å²) < 4.78 is 72.7. The summed E-state index contributed by atoms with van der Waals surface area (Å²) in [5.74, 6) is -1.88. The molecule has 1 fully saturated rings. The molecule has 1 amide bonds. The zero-order chi connectivity index (χ0) is 24.1. The van der Waals surface area contributed by atoms with Gasteiger partial charge >= 0.3 is 0 Å². The molecule has 1 saturated heterocycles. The minimum Gasteiger partial charge on any atom is -0.374 e. The molecule has 176 valence electrons. The maximum absolute atomic E-state index is 15.0. The number of nitrogens with two attached hydrogens (primary N) is 1. The number of halogens is 3. The highest BCUT2D eigenvalue weighted by atomic mass is 32.2. The van der Waals surface area contributed by atoms with Crippen LogP contribution in [0.15, 0.2) is 35.6 Å². The van der Waals surface area contributed by atoms with Crippen LogP contribution < -0.4 is 11.1 Å². The van der Waals surface area contributed by atoms with Crippen molar-refractivity contribution in [2.45, 2.75) is 30.2 Å². The number of guanidine groups is 1. The lowest BCUT2D eigenvalue weighted by atomic mass is 9.86. The van der Waals surface area contributed by atoms with Gasteiger partial charge in [0.15, 0.2) is 0 Å². The van der Waals surface area contributed by atoms with Crippen molar-refractivity contribution < 1.29 is 31.1 Å². The van der Waals surface area contributed by atoms with Gasteiger partial charge in [-0.3, -0.25) is 9.78 Å². The average molecular weight is 484 g/mol. The monoisotopic (exact) mass is 484 g/mol. The highest BCUT2D eigenvalue weighted by Gasteiger charge is 2.61. The van der Waals surface area contributed by atoms with Crippen molar-refractivity contribution in [3.63, 3.8) is 0 Å². The largest absolute Gasteiger partial charge is 0.374 e. The Kier molecular flexibility index (Phi) is 5.52. The molecule has 3 N–H and O–H groups in total. The van der Waals surface area contributed by atoms with E-state index in [1.807, 2.05) is 0 Å².